The summed E-state index contributed by atoms with van der Waals surface area (Å²) in [5, 5.41) is 10.2. The normalized spacial score (nSPS) is 37.1. The second-order valence-corrected chi connectivity index (χ2v) is 4.51. The van der Waals surface area contributed by atoms with Crippen molar-refractivity contribution < 1.29 is 14.6 Å². The molecule has 86 valence electrons. The summed E-state index contributed by atoms with van der Waals surface area (Å²) in [5.41, 5.74) is 0. The smallest absolute Gasteiger partial charge is 0.311 e. The first-order valence-electron chi connectivity index (χ1n) is 5.74. The predicted octanol–water partition coefficient (Wildman–Crippen LogP) is 0.395. The van der Waals surface area contributed by atoms with Gasteiger partial charge in [-0.15, -0.1) is 0 Å². The van der Waals surface area contributed by atoms with Gasteiger partial charge in [0.05, 0.1) is 19.1 Å². The van der Waals surface area contributed by atoms with Gasteiger partial charge >= 0.3 is 5.97 Å². The van der Waals surface area contributed by atoms with Gasteiger partial charge in [0, 0.05) is 6.04 Å². The van der Waals surface area contributed by atoms with Crippen molar-refractivity contribution in [2.24, 2.45) is 5.92 Å². The first-order chi connectivity index (χ1) is 7.24. The van der Waals surface area contributed by atoms with E-state index in [-0.39, 0.29) is 17.9 Å². The van der Waals surface area contributed by atoms with E-state index in [0.29, 0.717) is 0 Å². The molecular weight excluding hydrogens is 194 g/mol. The van der Waals surface area contributed by atoms with E-state index in [4.69, 9.17) is 4.74 Å². The maximum Gasteiger partial charge on any atom is 0.311 e. The van der Waals surface area contributed by atoms with Crippen LogP contribution in [0.15, 0.2) is 0 Å². The summed E-state index contributed by atoms with van der Waals surface area (Å²) in [6.07, 6.45) is 3.33. The highest BCUT2D eigenvalue weighted by Crippen LogP contribution is 2.30. The van der Waals surface area contributed by atoms with Crippen LogP contribution in [-0.4, -0.2) is 48.3 Å². The summed E-state index contributed by atoms with van der Waals surface area (Å²) in [7, 11) is 1.40. The van der Waals surface area contributed by atoms with Crippen molar-refractivity contribution in [2.45, 2.75) is 37.8 Å². The van der Waals surface area contributed by atoms with Gasteiger partial charge in [0.1, 0.15) is 0 Å². The molecule has 2 aliphatic heterocycles. The molecular formula is C11H19NO3. The molecule has 2 heterocycles. The third kappa shape index (κ3) is 2.01. The topological polar surface area (TPSA) is 49.8 Å². The molecule has 4 nitrogen and oxygen atoms in total. The molecule has 2 rings (SSSR count). The number of rotatable bonds is 1. The van der Waals surface area contributed by atoms with E-state index in [1.54, 1.807) is 0 Å². The SMILES string of the molecule is COC(=O)C1CCCN2CCCC2C1O. The van der Waals surface area contributed by atoms with Gasteiger partial charge in [-0.05, 0) is 38.8 Å². The summed E-state index contributed by atoms with van der Waals surface area (Å²) in [5.74, 6) is -0.570. The molecule has 2 aliphatic rings. The van der Waals surface area contributed by atoms with Crippen LogP contribution in [0.3, 0.4) is 0 Å². The number of hydrogen-bond donors (Lipinski definition) is 1. The first-order valence-corrected chi connectivity index (χ1v) is 5.74. The molecule has 0 radical (unpaired) electrons. The monoisotopic (exact) mass is 213 g/mol. The standard InChI is InChI=1S/C11H19NO3/c1-15-11(14)8-4-2-6-12-7-3-5-9(12)10(8)13/h8-10,13H,2-7H2,1H3. The lowest BCUT2D eigenvalue weighted by Crippen LogP contribution is -2.43. The van der Waals surface area contributed by atoms with Crippen molar-refractivity contribution in [3.8, 4) is 0 Å². The van der Waals surface area contributed by atoms with Crippen LogP contribution >= 0.6 is 0 Å². The van der Waals surface area contributed by atoms with Gasteiger partial charge in [-0.3, -0.25) is 9.69 Å². The molecule has 0 spiro atoms. The van der Waals surface area contributed by atoms with Crippen LogP contribution in [0.1, 0.15) is 25.7 Å². The van der Waals surface area contributed by atoms with Crippen LogP contribution in [-0.2, 0) is 9.53 Å². The molecule has 0 amide bonds. The molecule has 0 aliphatic carbocycles. The van der Waals surface area contributed by atoms with Crippen LogP contribution < -0.4 is 0 Å². The third-order valence-corrected chi connectivity index (χ3v) is 3.69. The van der Waals surface area contributed by atoms with E-state index >= 15 is 0 Å². The molecule has 3 atom stereocenters. The van der Waals surface area contributed by atoms with Crippen LogP contribution in [0, 0.1) is 5.92 Å². The van der Waals surface area contributed by atoms with Gasteiger partial charge in [0.2, 0.25) is 0 Å². The van der Waals surface area contributed by atoms with Gasteiger partial charge < -0.3 is 9.84 Å². The van der Waals surface area contributed by atoms with Crippen molar-refractivity contribution in [3.63, 3.8) is 0 Å². The minimum absolute atomic E-state index is 0.177. The van der Waals surface area contributed by atoms with Gasteiger partial charge in [-0.1, -0.05) is 0 Å². The molecule has 1 N–H and O–H groups in total. The zero-order chi connectivity index (χ0) is 10.8. The number of aliphatic hydroxyl groups excluding tert-OH is 1. The Labute approximate surface area is 90.2 Å². The minimum atomic E-state index is -0.539. The third-order valence-electron chi connectivity index (χ3n) is 3.69. The number of nitrogens with zero attached hydrogens (tertiary/aromatic N) is 1. The van der Waals surface area contributed by atoms with Crippen LogP contribution in [0.4, 0.5) is 0 Å². The first kappa shape index (κ1) is 10.9. The fourth-order valence-electron chi connectivity index (χ4n) is 2.88. The second kappa shape index (κ2) is 4.49. The summed E-state index contributed by atoms with van der Waals surface area (Å²) in [6.45, 7) is 2.07. The highest BCUT2D eigenvalue weighted by atomic mass is 16.5. The lowest BCUT2D eigenvalue weighted by atomic mass is 9.92. The maximum atomic E-state index is 11.5. The fourth-order valence-corrected chi connectivity index (χ4v) is 2.88. The zero-order valence-corrected chi connectivity index (χ0v) is 9.19. The lowest BCUT2D eigenvalue weighted by molar-refractivity contribution is -0.150. The molecule has 2 fully saturated rings. The molecule has 2 saturated heterocycles. The molecule has 0 aromatic carbocycles. The Morgan fingerprint density at radius 3 is 2.67 bits per heavy atom. The molecule has 0 aromatic heterocycles. The van der Waals surface area contributed by atoms with Crippen molar-refractivity contribution >= 4 is 5.97 Å². The van der Waals surface area contributed by atoms with E-state index in [0.717, 1.165) is 38.8 Å². The fraction of sp³-hybridized carbons (Fsp3) is 0.909. The highest BCUT2D eigenvalue weighted by molar-refractivity contribution is 5.73. The summed E-state index contributed by atoms with van der Waals surface area (Å²) < 4.78 is 4.75. The molecule has 0 saturated carbocycles. The van der Waals surface area contributed by atoms with Crippen molar-refractivity contribution in [1.82, 2.24) is 4.90 Å². The van der Waals surface area contributed by atoms with Crippen LogP contribution in [0.25, 0.3) is 0 Å². The quantitative estimate of drug-likeness (QED) is 0.640. The van der Waals surface area contributed by atoms with Gasteiger partial charge in [0.15, 0.2) is 0 Å². The van der Waals surface area contributed by atoms with Crippen LogP contribution in [0.2, 0.25) is 0 Å². The average molecular weight is 213 g/mol. The van der Waals surface area contributed by atoms with Crippen molar-refractivity contribution in [1.29, 1.82) is 0 Å². The van der Waals surface area contributed by atoms with E-state index in [1.165, 1.54) is 7.11 Å². The molecule has 3 unspecified atom stereocenters. The number of esters is 1. The largest absolute Gasteiger partial charge is 0.469 e. The van der Waals surface area contributed by atoms with Crippen molar-refractivity contribution in [3.05, 3.63) is 0 Å². The maximum absolute atomic E-state index is 11.5. The highest BCUT2D eigenvalue weighted by Gasteiger charge is 2.40. The number of carbonyl (C=O) groups is 1. The average Bonchev–Trinajstić information content (AvgIpc) is 2.65. The predicted molar refractivity (Wildman–Crippen MR) is 55.3 cm³/mol. The van der Waals surface area contributed by atoms with Gasteiger partial charge in [0.25, 0.3) is 0 Å². The number of hydrogen-bond acceptors (Lipinski definition) is 4. The molecule has 4 heteroatoms. The van der Waals surface area contributed by atoms with Gasteiger partial charge in [-0.25, -0.2) is 0 Å². The Kier molecular flexibility index (Phi) is 3.26. The Hall–Kier alpha value is -0.610. The summed E-state index contributed by atoms with van der Waals surface area (Å²) in [4.78, 5) is 13.8. The van der Waals surface area contributed by atoms with Gasteiger partial charge in [-0.2, -0.15) is 0 Å². The van der Waals surface area contributed by atoms with Crippen LogP contribution in [0.5, 0.6) is 0 Å². The molecule has 15 heavy (non-hydrogen) atoms. The number of methoxy groups -OCH3 is 1. The number of aliphatic hydroxyl groups is 1. The van der Waals surface area contributed by atoms with E-state index < -0.39 is 6.10 Å². The summed E-state index contributed by atoms with van der Waals surface area (Å²) in [6, 6.07) is 0.177. The Morgan fingerprint density at radius 2 is 2.00 bits per heavy atom. The number of carbonyl (C=O) groups excluding carboxylic acids is 1. The molecule has 0 aromatic rings. The number of ether oxygens (including phenoxy) is 1. The second-order valence-electron chi connectivity index (χ2n) is 4.51. The van der Waals surface area contributed by atoms with E-state index in [2.05, 4.69) is 4.90 Å². The Morgan fingerprint density at radius 1 is 1.33 bits per heavy atom. The summed E-state index contributed by atoms with van der Waals surface area (Å²) >= 11 is 0. The van der Waals surface area contributed by atoms with Crippen molar-refractivity contribution in [2.75, 3.05) is 20.2 Å². The number of fused-ring (bicyclic) bond motifs is 1. The minimum Gasteiger partial charge on any atom is -0.469 e. The zero-order valence-electron chi connectivity index (χ0n) is 9.19. The Balaban J connectivity index is 2.10. The Bertz CT molecular complexity index is 244. The van der Waals surface area contributed by atoms with E-state index in [1.807, 2.05) is 0 Å². The molecule has 0 bridgehead atoms. The lowest BCUT2D eigenvalue weighted by Gasteiger charge is -2.27. The van der Waals surface area contributed by atoms with E-state index in [9.17, 15) is 9.90 Å².